The van der Waals surface area contributed by atoms with E-state index >= 15 is 0 Å². The lowest BCUT2D eigenvalue weighted by molar-refractivity contribution is 0.0698. The predicted octanol–water partition coefficient (Wildman–Crippen LogP) is 3.21. The van der Waals surface area contributed by atoms with Gasteiger partial charge in [0.25, 0.3) is 0 Å². The number of anilines is 2. The largest absolute Gasteiger partial charge is 0.478 e. The molecule has 1 unspecified atom stereocenters. The number of halogens is 1. The molecule has 3 N–H and O–H groups in total. The van der Waals surface area contributed by atoms with Gasteiger partial charge in [-0.3, -0.25) is 0 Å². The second-order valence-electron chi connectivity index (χ2n) is 4.78. The molecule has 0 amide bonds. The van der Waals surface area contributed by atoms with E-state index in [1.54, 1.807) is 0 Å². The third-order valence-corrected chi connectivity index (χ3v) is 3.66. The van der Waals surface area contributed by atoms with Gasteiger partial charge in [-0.05, 0) is 30.7 Å². The number of rotatable bonds is 4. The molecule has 21 heavy (non-hydrogen) atoms. The van der Waals surface area contributed by atoms with Crippen molar-refractivity contribution in [3.63, 3.8) is 0 Å². The molecule has 2 aromatic rings. The van der Waals surface area contributed by atoms with Crippen LogP contribution >= 0.6 is 11.6 Å². The fraction of sp³-hybridized carbons (Fsp3) is 0.200. The molecule has 2 rings (SSSR count). The number of carbonyl (C=O) groups is 1. The molecule has 0 spiro atoms. The van der Waals surface area contributed by atoms with Gasteiger partial charge in [-0.1, -0.05) is 23.7 Å². The number of nitrogens with zero attached hydrogens (tertiary/aromatic N) is 2. The summed E-state index contributed by atoms with van der Waals surface area (Å²) >= 11 is 6.00. The van der Waals surface area contributed by atoms with Gasteiger partial charge < -0.3 is 15.7 Å². The SMILES string of the molecule is CC(c1cccc(Cl)c1)N(C)c1cc(C(=O)O)c(N)cn1. The Bertz CT molecular complexity index is 676. The molecule has 0 fully saturated rings. The maximum atomic E-state index is 11.1. The minimum atomic E-state index is -1.07. The van der Waals surface area contributed by atoms with Crippen molar-refractivity contribution in [3.05, 3.63) is 52.7 Å². The van der Waals surface area contributed by atoms with E-state index in [0.717, 1.165) is 5.56 Å². The lowest BCUT2D eigenvalue weighted by atomic mass is 10.1. The molecular weight excluding hydrogens is 290 g/mol. The summed E-state index contributed by atoms with van der Waals surface area (Å²) < 4.78 is 0. The predicted molar refractivity (Wildman–Crippen MR) is 83.9 cm³/mol. The summed E-state index contributed by atoms with van der Waals surface area (Å²) in [6.07, 6.45) is 1.36. The molecule has 0 saturated carbocycles. The highest BCUT2D eigenvalue weighted by atomic mass is 35.5. The molecule has 0 aliphatic rings. The topological polar surface area (TPSA) is 79.5 Å². The molecule has 0 saturated heterocycles. The first-order valence-corrected chi connectivity index (χ1v) is 6.75. The first kappa shape index (κ1) is 15.1. The first-order chi connectivity index (χ1) is 9.90. The number of pyridine rings is 1. The Balaban J connectivity index is 2.33. The normalized spacial score (nSPS) is 12.0. The molecule has 0 aliphatic carbocycles. The van der Waals surface area contributed by atoms with Crippen molar-refractivity contribution in [2.75, 3.05) is 17.7 Å². The van der Waals surface area contributed by atoms with E-state index in [-0.39, 0.29) is 17.3 Å². The lowest BCUT2D eigenvalue weighted by Gasteiger charge is -2.26. The van der Waals surface area contributed by atoms with Crippen molar-refractivity contribution in [2.45, 2.75) is 13.0 Å². The van der Waals surface area contributed by atoms with E-state index < -0.39 is 5.97 Å². The maximum Gasteiger partial charge on any atom is 0.337 e. The highest BCUT2D eigenvalue weighted by Crippen LogP contribution is 2.27. The molecule has 1 atom stereocenters. The van der Waals surface area contributed by atoms with Crippen LogP contribution in [-0.2, 0) is 0 Å². The standard InChI is InChI=1S/C15H16ClN3O2/c1-9(10-4-3-5-11(16)6-10)19(2)14-7-12(15(20)21)13(17)8-18-14/h3-9H,17H2,1-2H3,(H,20,21). The Morgan fingerprint density at radius 2 is 2.14 bits per heavy atom. The molecular formula is C15H16ClN3O2. The number of hydrogen-bond acceptors (Lipinski definition) is 4. The zero-order valence-electron chi connectivity index (χ0n) is 11.7. The average Bonchev–Trinajstić information content (AvgIpc) is 2.46. The van der Waals surface area contributed by atoms with Crippen molar-refractivity contribution in [1.82, 2.24) is 4.98 Å². The second-order valence-corrected chi connectivity index (χ2v) is 5.21. The smallest absolute Gasteiger partial charge is 0.337 e. The lowest BCUT2D eigenvalue weighted by Crippen LogP contribution is -2.23. The maximum absolute atomic E-state index is 11.1. The third kappa shape index (κ3) is 3.25. The highest BCUT2D eigenvalue weighted by Gasteiger charge is 2.17. The van der Waals surface area contributed by atoms with Gasteiger partial charge in [0.2, 0.25) is 0 Å². The minimum absolute atomic E-state index is 0.0125. The van der Waals surface area contributed by atoms with Gasteiger partial charge in [-0.15, -0.1) is 0 Å². The molecule has 6 heteroatoms. The number of carboxylic acid groups (broad SMARTS) is 1. The summed E-state index contributed by atoms with van der Waals surface area (Å²) in [5.74, 6) is -0.533. The van der Waals surface area contributed by atoms with Gasteiger partial charge in [0, 0.05) is 12.1 Å². The number of aromatic carboxylic acids is 1. The molecule has 0 bridgehead atoms. The summed E-state index contributed by atoms with van der Waals surface area (Å²) in [6.45, 7) is 1.99. The van der Waals surface area contributed by atoms with Crippen LogP contribution in [0.2, 0.25) is 5.02 Å². The summed E-state index contributed by atoms with van der Waals surface area (Å²) in [5.41, 5.74) is 6.83. The highest BCUT2D eigenvalue weighted by molar-refractivity contribution is 6.30. The van der Waals surface area contributed by atoms with Gasteiger partial charge in [-0.25, -0.2) is 9.78 Å². The summed E-state index contributed by atoms with van der Waals surface area (Å²) in [7, 11) is 1.84. The summed E-state index contributed by atoms with van der Waals surface area (Å²) in [4.78, 5) is 17.2. The summed E-state index contributed by atoms with van der Waals surface area (Å²) in [6, 6.07) is 8.98. The van der Waals surface area contributed by atoms with Gasteiger partial charge in [0.15, 0.2) is 0 Å². The quantitative estimate of drug-likeness (QED) is 0.906. The molecule has 1 heterocycles. The monoisotopic (exact) mass is 305 g/mol. The van der Waals surface area contributed by atoms with Crippen LogP contribution in [-0.4, -0.2) is 23.1 Å². The van der Waals surface area contributed by atoms with E-state index in [1.807, 2.05) is 43.1 Å². The van der Waals surface area contributed by atoms with Gasteiger partial charge in [-0.2, -0.15) is 0 Å². The average molecular weight is 306 g/mol. The molecule has 5 nitrogen and oxygen atoms in total. The molecule has 1 aromatic carbocycles. The Morgan fingerprint density at radius 3 is 2.76 bits per heavy atom. The Hall–Kier alpha value is -2.27. The fourth-order valence-electron chi connectivity index (χ4n) is 2.02. The fourth-order valence-corrected chi connectivity index (χ4v) is 2.22. The number of benzene rings is 1. The molecule has 1 aromatic heterocycles. The van der Waals surface area contributed by atoms with E-state index in [9.17, 15) is 4.79 Å². The van der Waals surface area contributed by atoms with Crippen LogP contribution in [0.5, 0.6) is 0 Å². The second kappa shape index (κ2) is 6.01. The number of aromatic nitrogens is 1. The minimum Gasteiger partial charge on any atom is -0.478 e. The van der Waals surface area contributed by atoms with Crippen LogP contribution in [0.25, 0.3) is 0 Å². The number of carboxylic acids is 1. The zero-order valence-corrected chi connectivity index (χ0v) is 12.5. The number of hydrogen-bond donors (Lipinski definition) is 2. The first-order valence-electron chi connectivity index (χ1n) is 6.37. The van der Waals surface area contributed by atoms with Crippen molar-refractivity contribution in [2.24, 2.45) is 0 Å². The van der Waals surface area contributed by atoms with Crippen LogP contribution in [0.3, 0.4) is 0 Å². The van der Waals surface area contributed by atoms with Crippen LogP contribution in [0.4, 0.5) is 11.5 Å². The van der Waals surface area contributed by atoms with E-state index in [4.69, 9.17) is 22.4 Å². The van der Waals surface area contributed by atoms with E-state index in [1.165, 1.54) is 12.3 Å². The number of nitrogen functional groups attached to an aromatic ring is 1. The van der Waals surface area contributed by atoms with Crippen molar-refractivity contribution < 1.29 is 9.90 Å². The van der Waals surface area contributed by atoms with Crippen LogP contribution < -0.4 is 10.6 Å². The van der Waals surface area contributed by atoms with Crippen LogP contribution in [0, 0.1) is 0 Å². The van der Waals surface area contributed by atoms with Crippen molar-refractivity contribution in [1.29, 1.82) is 0 Å². The van der Waals surface area contributed by atoms with Gasteiger partial charge >= 0.3 is 5.97 Å². The Kier molecular flexibility index (Phi) is 4.33. The molecule has 0 radical (unpaired) electrons. The third-order valence-electron chi connectivity index (χ3n) is 3.42. The van der Waals surface area contributed by atoms with Crippen molar-refractivity contribution >= 4 is 29.1 Å². The zero-order chi connectivity index (χ0) is 15.6. The molecule has 0 aliphatic heterocycles. The van der Waals surface area contributed by atoms with E-state index in [0.29, 0.717) is 10.8 Å². The van der Waals surface area contributed by atoms with Crippen LogP contribution in [0.15, 0.2) is 36.5 Å². The summed E-state index contributed by atoms with van der Waals surface area (Å²) in [5, 5.41) is 9.78. The Morgan fingerprint density at radius 1 is 1.43 bits per heavy atom. The van der Waals surface area contributed by atoms with Crippen LogP contribution in [0.1, 0.15) is 28.9 Å². The van der Waals surface area contributed by atoms with Gasteiger partial charge in [0.1, 0.15) is 5.82 Å². The molecule has 110 valence electrons. The van der Waals surface area contributed by atoms with Crippen molar-refractivity contribution in [3.8, 4) is 0 Å². The van der Waals surface area contributed by atoms with E-state index in [2.05, 4.69) is 4.98 Å². The Labute approximate surface area is 128 Å². The van der Waals surface area contributed by atoms with Gasteiger partial charge in [0.05, 0.1) is 23.5 Å². The number of nitrogens with two attached hydrogens (primary N) is 1.